The van der Waals surface area contributed by atoms with Crippen molar-refractivity contribution in [3.63, 3.8) is 0 Å². The van der Waals surface area contributed by atoms with Crippen molar-refractivity contribution in [3.05, 3.63) is 57.4 Å². The van der Waals surface area contributed by atoms with E-state index in [1.54, 1.807) is 10.8 Å². The molecule has 1 aliphatic carbocycles. The molecule has 0 radical (unpaired) electrons. The van der Waals surface area contributed by atoms with Gasteiger partial charge in [-0.05, 0) is 37.5 Å². The molecule has 1 aromatic rings. The molecular formula is C24H33N5O3. The predicted molar refractivity (Wildman–Crippen MR) is 124 cm³/mol. The molecule has 0 aromatic carbocycles. The van der Waals surface area contributed by atoms with Crippen LogP contribution < -0.4 is 37.7 Å². The molecule has 1 aromatic heterocycles. The lowest BCUT2D eigenvalue weighted by Gasteiger charge is -2.23. The molecular weight excluding hydrogens is 406 g/mol. The molecule has 32 heavy (non-hydrogen) atoms. The molecule has 5 N–H and O–H groups in total. The van der Waals surface area contributed by atoms with Crippen LogP contribution in [0.5, 0.6) is 0 Å². The molecule has 2 aliphatic heterocycles. The van der Waals surface area contributed by atoms with Crippen LogP contribution in [0.1, 0.15) is 45.4 Å². The Bertz CT molecular complexity index is 1070. The Labute approximate surface area is 187 Å². The standard InChI is InChI=1S/C24H33N5O3/c1-2-29-12-10-16-14-17(8-9-18(16)24(29)31)20-15-27-22(28-20)19(25)6-4-3-5-7-21(30)23-26-11-13-32-23/h9-15,17,19,22-23,26-28H,2-8,25H2,1H3/t17?,19-,22?,23?/m0/s1. The minimum absolute atomic E-state index is 0.00307. The van der Waals surface area contributed by atoms with Crippen LogP contribution in [0.15, 0.2) is 41.4 Å². The summed E-state index contributed by atoms with van der Waals surface area (Å²) in [6.45, 7) is 2.66. The number of aryl methyl sites for hydroxylation is 1. The number of ketones is 1. The largest absolute Gasteiger partial charge is 0.469 e. The number of nitrogens with two attached hydrogens (primary N) is 1. The molecule has 0 amide bonds. The number of pyridine rings is 1. The highest BCUT2D eigenvalue weighted by molar-refractivity contribution is 5.83. The Morgan fingerprint density at radius 3 is 2.97 bits per heavy atom. The fourth-order valence-corrected chi connectivity index (χ4v) is 4.45. The molecule has 0 spiro atoms. The zero-order valence-corrected chi connectivity index (χ0v) is 18.5. The van der Waals surface area contributed by atoms with Crippen molar-refractivity contribution in [2.24, 2.45) is 11.7 Å². The van der Waals surface area contributed by atoms with Gasteiger partial charge in [0.1, 0.15) is 12.4 Å². The van der Waals surface area contributed by atoms with Crippen molar-refractivity contribution in [2.45, 2.75) is 70.4 Å². The van der Waals surface area contributed by atoms with Gasteiger partial charge in [0.15, 0.2) is 5.78 Å². The Balaban J connectivity index is 1.21. The highest BCUT2D eigenvalue weighted by atomic mass is 16.5. The van der Waals surface area contributed by atoms with Gasteiger partial charge in [-0.2, -0.15) is 0 Å². The van der Waals surface area contributed by atoms with Crippen molar-refractivity contribution >= 4 is 17.9 Å². The second kappa shape index (κ2) is 10.1. The lowest BCUT2D eigenvalue weighted by Crippen LogP contribution is -2.49. The summed E-state index contributed by atoms with van der Waals surface area (Å²) >= 11 is 0. The highest BCUT2D eigenvalue weighted by Crippen LogP contribution is 2.20. The summed E-state index contributed by atoms with van der Waals surface area (Å²) in [6, 6.07) is 1.99. The molecule has 4 rings (SSSR count). The van der Waals surface area contributed by atoms with Gasteiger partial charge < -0.3 is 31.0 Å². The van der Waals surface area contributed by atoms with Gasteiger partial charge >= 0.3 is 0 Å². The number of unbranched alkanes of at least 4 members (excludes halogenated alkanes) is 2. The number of rotatable bonds is 10. The van der Waals surface area contributed by atoms with Gasteiger partial charge in [-0.3, -0.25) is 9.59 Å². The number of carbonyl (C=O) groups is 1. The number of hydrogen-bond acceptors (Lipinski definition) is 7. The number of ether oxygens (including phenoxy) is 1. The molecule has 3 unspecified atom stereocenters. The number of fused-ring (bicyclic) bond motifs is 1. The van der Waals surface area contributed by atoms with Gasteiger partial charge in [0.25, 0.3) is 5.56 Å². The van der Waals surface area contributed by atoms with Crippen LogP contribution in [0.4, 0.5) is 0 Å². The van der Waals surface area contributed by atoms with Crippen molar-refractivity contribution in [3.8, 4) is 0 Å². The highest BCUT2D eigenvalue weighted by Gasteiger charge is 2.26. The summed E-state index contributed by atoms with van der Waals surface area (Å²) in [5.74, 6) is 0.291. The SMILES string of the molecule is CCn1ccc2c(c1=O)=CCC(C1=CNC([C@@H](N)CCCCCC(=O)C3NC=CO3)N1)C=2. The first-order chi connectivity index (χ1) is 15.6. The quantitative estimate of drug-likeness (QED) is 0.382. The van der Waals surface area contributed by atoms with E-state index in [4.69, 9.17) is 10.5 Å². The maximum atomic E-state index is 12.5. The summed E-state index contributed by atoms with van der Waals surface area (Å²) in [5.41, 5.74) is 7.60. The van der Waals surface area contributed by atoms with E-state index < -0.39 is 6.23 Å². The van der Waals surface area contributed by atoms with E-state index in [0.29, 0.717) is 13.0 Å². The van der Waals surface area contributed by atoms with Crippen LogP contribution >= 0.6 is 0 Å². The van der Waals surface area contributed by atoms with Crippen LogP contribution in [0.2, 0.25) is 0 Å². The van der Waals surface area contributed by atoms with E-state index in [2.05, 4.69) is 22.0 Å². The molecule has 172 valence electrons. The van der Waals surface area contributed by atoms with Crippen molar-refractivity contribution in [2.75, 3.05) is 0 Å². The predicted octanol–water partition coefficient (Wildman–Crippen LogP) is 0.0734. The first-order valence-corrected chi connectivity index (χ1v) is 11.6. The fourth-order valence-electron chi connectivity index (χ4n) is 4.45. The van der Waals surface area contributed by atoms with Gasteiger partial charge in [0.2, 0.25) is 6.23 Å². The van der Waals surface area contributed by atoms with Crippen LogP contribution in [-0.2, 0) is 16.1 Å². The van der Waals surface area contributed by atoms with E-state index in [-0.39, 0.29) is 29.5 Å². The minimum atomic E-state index is -0.512. The second-order valence-corrected chi connectivity index (χ2v) is 8.59. The zero-order chi connectivity index (χ0) is 22.5. The van der Waals surface area contributed by atoms with Gasteiger partial charge in [-0.15, -0.1) is 0 Å². The number of hydrogen-bond donors (Lipinski definition) is 4. The molecule has 8 heteroatoms. The molecule has 0 fully saturated rings. The number of allylic oxidation sites excluding steroid dienone is 1. The summed E-state index contributed by atoms with van der Waals surface area (Å²) < 4.78 is 6.90. The van der Waals surface area contributed by atoms with Crippen LogP contribution in [0.3, 0.4) is 0 Å². The molecule has 3 heterocycles. The van der Waals surface area contributed by atoms with E-state index in [1.165, 1.54) is 6.26 Å². The van der Waals surface area contributed by atoms with Crippen LogP contribution in [0.25, 0.3) is 12.2 Å². The normalized spacial score (nSPS) is 24.1. The Morgan fingerprint density at radius 2 is 2.19 bits per heavy atom. The van der Waals surface area contributed by atoms with Crippen molar-refractivity contribution in [1.82, 2.24) is 20.5 Å². The number of Topliss-reactive ketones (excluding diaryl/α,β-unsaturated/α-hetero) is 1. The first kappa shape index (κ1) is 22.2. The molecule has 4 atom stereocenters. The fraction of sp³-hybridized carbons (Fsp3) is 0.500. The monoisotopic (exact) mass is 439 g/mol. The molecule has 3 aliphatic rings. The lowest BCUT2D eigenvalue weighted by atomic mass is 9.95. The van der Waals surface area contributed by atoms with Crippen LogP contribution in [-0.4, -0.2) is 28.8 Å². The number of aromatic nitrogens is 1. The molecule has 0 bridgehead atoms. The van der Waals surface area contributed by atoms with Gasteiger partial charge in [0, 0.05) is 54.4 Å². The van der Waals surface area contributed by atoms with E-state index in [9.17, 15) is 9.59 Å². The van der Waals surface area contributed by atoms with E-state index in [0.717, 1.165) is 48.2 Å². The average Bonchev–Trinajstić information content (AvgIpc) is 3.51. The minimum Gasteiger partial charge on any atom is -0.469 e. The molecule has 0 saturated carbocycles. The average molecular weight is 440 g/mol. The third-order valence-electron chi connectivity index (χ3n) is 6.39. The van der Waals surface area contributed by atoms with Crippen molar-refractivity contribution in [1.29, 1.82) is 0 Å². The van der Waals surface area contributed by atoms with Gasteiger partial charge in [-0.1, -0.05) is 25.0 Å². The maximum Gasteiger partial charge on any atom is 0.258 e. The Morgan fingerprint density at radius 1 is 1.31 bits per heavy atom. The Hall–Kier alpha value is -3.00. The first-order valence-electron chi connectivity index (χ1n) is 11.6. The van der Waals surface area contributed by atoms with E-state index >= 15 is 0 Å². The smallest absolute Gasteiger partial charge is 0.258 e. The molecule has 8 nitrogen and oxygen atoms in total. The van der Waals surface area contributed by atoms with Gasteiger partial charge in [0.05, 0.1) is 0 Å². The maximum absolute atomic E-state index is 12.5. The summed E-state index contributed by atoms with van der Waals surface area (Å²) in [6.07, 6.45) is 15.7. The number of carbonyl (C=O) groups excluding carboxylic acids is 1. The third kappa shape index (κ3) is 4.91. The summed E-state index contributed by atoms with van der Waals surface area (Å²) in [4.78, 5) is 24.4. The second-order valence-electron chi connectivity index (χ2n) is 8.59. The zero-order valence-electron chi connectivity index (χ0n) is 18.5. The van der Waals surface area contributed by atoms with Gasteiger partial charge in [-0.25, -0.2) is 0 Å². The summed E-state index contributed by atoms with van der Waals surface area (Å²) in [7, 11) is 0. The number of nitrogens with zero attached hydrogens (tertiary/aromatic N) is 1. The van der Waals surface area contributed by atoms with Crippen LogP contribution in [0, 0.1) is 5.92 Å². The van der Waals surface area contributed by atoms with E-state index in [1.807, 2.05) is 31.5 Å². The topological polar surface area (TPSA) is 110 Å². The van der Waals surface area contributed by atoms with Crippen molar-refractivity contribution < 1.29 is 9.53 Å². The third-order valence-corrected chi connectivity index (χ3v) is 6.39. The lowest BCUT2D eigenvalue weighted by molar-refractivity contribution is -0.127. The molecule has 0 saturated heterocycles. The number of nitrogens with one attached hydrogen (secondary N) is 3. The Kier molecular flexibility index (Phi) is 6.99. The summed E-state index contributed by atoms with van der Waals surface area (Å²) in [5, 5.41) is 11.6.